The highest BCUT2D eigenvalue weighted by molar-refractivity contribution is 7.99. The van der Waals surface area contributed by atoms with Crippen LogP contribution in [0.1, 0.15) is 25.7 Å². The van der Waals surface area contributed by atoms with Gasteiger partial charge in [-0.2, -0.15) is 123 Å². The summed E-state index contributed by atoms with van der Waals surface area (Å²) in [5.74, 6) is -76.7. The second-order valence-corrected chi connectivity index (χ2v) is 19.4. The second-order valence-electron chi connectivity index (χ2n) is 14.0. The first-order valence-corrected chi connectivity index (χ1v) is 22.9. The van der Waals surface area contributed by atoms with E-state index >= 15 is 0 Å². The molecule has 0 N–H and O–H groups in total. The molecule has 0 radical (unpaired) electrons. The standard InChI is InChI=1S/C15H15F13N2O3S2.C12H9F13N2S.C3H6O3S/c1-29-5-6-30(4-2-8-35(31,32)33)9(29)34-7-3-10(16,17)11(18,19)12(20,21)13(22,23)14(24,25)15(26,27)28;1-27-4-3-26-6(27)28-5-2-7(13,14)8(15,16)9(17,18)10(19,20)11(21,22)12(23,24)25;4-7(5)3-1-2-6-7/h5-6H,2-4,7-8H2,1H3;3-4H,2,5H2,1H3;1-3H2. The molecule has 0 aromatic carbocycles. The number of imidazole rings is 2. The zero-order valence-corrected chi connectivity index (χ0v) is 37.3. The maximum Gasteiger partial charge on any atom is 0.460 e. The van der Waals surface area contributed by atoms with Crippen LogP contribution in [-0.2, 0) is 45.1 Å². The first-order valence-electron chi connectivity index (χ1n) is 17.8. The molecule has 0 amide bonds. The van der Waals surface area contributed by atoms with E-state index in [1.54, 1.807) is 0 Å². The Morgan fingerprint density at radius 3 is 1.37 bits per heavy atom. The minimum absolute atomic E-state index is 0.0696. The molecule has 3 rings (SSSR count). The van der Waals surface area contributed by atoms with Crippen LogP contribution in [-0.4, -0.2) is 137 Å². The molecule has 3 heterocycles. The summed E-state index contributed by atoms with van der Waals surface area (Å²) < 4.78 is 398. The average molecular weight is 1160 g/mol. The van der Waals surface area contributed by atoms with Crippen molar-refractivity contribution < 1.29 is 144 Å². The van der Waals surface area contributed by atoms with Gasteiger partial charge in [-0.15, -0.1) is 0 Å². The van der Waals surface area contributed by atoms with E-state index in [2.05, 4.69) is 9.17 Å². The van der Waals surface area contributed by atoms with E-state index in [1.165, 1.54) is 37.3 Å². The average Bonchev–Trinajstić information content (AvgIpc) is 3.88. The van der Waals surface area contributed by atoms with Gasteiger partial charge in [0, 0.05) is 49.5 Å². The van der Waals surface area contributed by atoms with E-state index in [0.29, 0.717) is 24.8 Å². The van der Waals surface area contributed by atoms with Crippen molar-refractivity contribution in [2.24, 2.45) is 14.1 Å². The van der Waals surface area contributed by atoms with Crippen molar-refractivity contribution in [3.05, 3.63) is 24.8 Å². The van der Waals surface area contributed by atoms with Gasteiger partial charge >= 0.3 is 76.7 Å². The third-order valence-corrected chi connectivity index (χ3v) is 13.0. The normalized spacial score (nSPS) is 16.4. The molecule has 2 aromatic rings. The summed E-state index contributed by atoms with van der Waals surface area (Å²) in [7, 11) is -5.06. The minimum Gasteiger partial charge on any atom is -0.748 e. The lowest BCUT2D eigenvalue weighted by atomic mass is 9.93. The molecule has 0 unspecified atom stereocenters. The fraction of sp³-hybridized carbons (Fsp3) is 0.800. The van der Waals surface area contributed by atoms with Gasteiger partial charge in [0.15, 0.2) is 5.16 Å². The Morgan fingerprint density at radius 1 is 0.657 bits per heavy atom. The first kappa shape index (κ1) is 65.1. The molecule has 1 aliphatic heterocycles. The molecule has 0 aliphatic carbocycles. The molecule has 0 saturated carbocycles. The van der Waals surface area contributed by atoms with Crippen LogP contribution in [0.2, 0.25) is 0 Å². The van der Waals surface area contributed by atoms with Crippen molar-refractivity contribution >= 4 is 43.8 Å². The van der Waals surface area contributed by atoms with Crippen LogP contribution in [0.3, 0.4) is 0 Å². The van der Waals surface area contributed by atoms with E-state index in [9.17, 15) is 136 Å². The number of hydrogen-bond acceptors (Lipinski definition) is 9. The second kappa shape index (κ2) is 21.5. The smallest absolute Gasteiger partial charge is 0.460 e. The molecule has 1 fully saturated rings. The maximum absolute atomic E-state index is 13.9. The Labute approximate surface area is 384 Å². The predicted octanol–water partition coefficient (Wildman–Crippen LogP) is 9.85. The number of alkyl halides is 26. The summed E-state index contributed by atoms with van der Waals surface area (Å²) in [5, 5.41) is -0.159. The fourth-order valence-corrected chi connectivity index (χ4v) is 8.22. The molecule has 0 atom stereocenters. The van der Waals surface area contributed by atoms with Crippen LogP contribution in [0, 0.1) is 0 Å². The summed E-state index contributed by atoms with van der Waals surface area (Å²) in [6, 6.07) is 0. The first-order chi connectivity index (χ1) is 30.8. The Kier molecular flexibility index (Phi) is 20.0. The Hall–Kier alpha value is -2.88. The molecule has 1 aliphatic rings. The van der Waals surface area contributed by atoms with Gasteiger partial charge in [-0.25, -0.2) is 22.5 Å². The van der Waals surface area contributed by atoms with Gasteiger partial charge < -0.3 is 9.12 Å². The summed E-state index contributed by atoms with van der Waals surface area (Å²) >= 11 is 0.536. The molecule has 40 heteroatoms. The van der Waals surface area contributed by atoms with E-state index in [1.807, 2.05) is 0 Å². The van der Waals surface area contributed by atoms with Gasteiger partial charge in [0.25, 0.3) is 10.1 Å². The lowest BCUT2D eigenvalue weighted by molar-refractivity contribution is -0.709. The lowest BCUT2D eigenvalue weighted by Crippen LogP contribution is -2.70. The van der Waals surface area contributed by atoms with Gasteiger partial charge in [0.2, 0.25) is 0 Å². The van der Waals surface area contributed by atoms with Crippen LogP contribution in [0.15, 0.2) is 35.1 Å². The highest BCUT2D eigenvalue weighted by Gasteiger charge is 2.92. The van der Waals surface area contributed by atoms with Crippen molar-refractivity contribution in [2.45, 2.75) is 114 Å². The van der Waals surface area contributed by atoms with E-state index in [-0.39, 0.29) is 40.8 Å². The number of rotatable bonds is 20. The third kappa shape index (κ3) is 13.6. The zero-order chi connectivity index (χ0) is 55.6. The Morgan fingerprint density at radius 2 is 1.06 bits per heavy atom. The van der Waals surface area contributed by atoms with Crippen LogP contribution >= 0.6 is 23.5 Å². The topological polar surface area (TPSA) is 127 Å². The van der Waals surface area contributed by atoms with Gasteiger partial charge in [0.1, 0.15) is 12.4 Å². The summed E-state index contributed by atoms with van der Waals surface area (Å²) in [5.41, 5.74) is 0. The van der Waals surface area contributed by atoms with E-state index < -0.39 is 122 Å². The van der Waals surface area contributed by atoms with Crippen LogP contribution in [0.25, 0.3) is 0 Å². The maximum atomic E-state index is 13.9. The predicted molar refractivity (Wildman–Crippen MR) is 185 cm³/mol. The molecule has 0 bridgehead atoms. The van der Waals surface area contributed by atoms with E-state index in [0.717, 1.165) is 15.3 Å². The molecule has 0 spiro atoms. The number of thioether (sulfide) groups is 2. The van der Waals surface area contributed by atoms with Crippen LogP contribution in [0.5, 0.6) is 0 Å². The summed E-state index contributed by atoms with van der Waals surface area (Å²) in [6.07, 6.45) is -14.2. The van der Waals surface area contributed by atoms with Gasteiger partial charge in [0.05, 0.1) is 36.1 Å². The van der Waals surface area contributed by atoms with Crippen molar-refractivity contribution in [2.75, 3.05) is 29.6 Å². The number of halogens is 26. The van der Waals surface area contributed by atoms with Gasteiger partial charge in [-0.3, -0.25) is 4.18 Å². The largest absolute Gasteiger partial charge is 0.748 e. The Bertz CT molecular complexity index is 2250. The zero-order valence-electron chi connectivity index (χ0n) is 34.1. The summed E-state index contributed by atoms with van der Waals surface area (Å²) in [4.78, 5) is 3.55. The quantitative estimate of drug-likeness (QED) is 0.0419. The number of hydrogen-bond donors (Lipinski definition) is 0. The fourth-order valence-electron chi connectivity index (χ4n) is 4.71. The number of aromatic nitrogens is 4. The molecule has 10 nitrogen and oxygen atoms in total. The SMILES string of the molecule is C[n+]1ccn(CCCS(=O)(=O)[O-])c1SCCC(F)(F)C(F)(F)C(F)(F)C(F)(F)C(F)(F)C(F)(F)F.Cn1ccnc1SCCC(F)(F)C(F)(F)C(F)(F)C(F)(F)C(F)(F)C(F)(F)F.O=S1(=O)CCCO1. The van der Waals surface area contributed by atoms with Crippen molar-refractivity contribution in [1.29, 1.82) is 0 Å². The molecule has 2 aromatic heterocycles. The monoisotopic (exact) mass is 1160 g/mol. The van der Waals surface area contributed by atoms with Gasteiger partial charge in [-0.05, 0) is 24.6 Å². The highest BCUT2D eigenvalue weighted by atomic mass is 32.2. The third-order valence-electron chi connectivity index (χ3n) is 8.68. The minimum atomic E-state index is -7.94. The highest BCUT2D eigenvalue weighted by Crippen LogP contribution is 2.62. The number of nitrogens with zero attached hydrogens (tertiary/aromatic N) is 4. The van der Waals surface area contributed by atoms with Crippen molar-refractivity contribution in [1.82, 2.24) is 14.1 Å². The molecule has 412 valence electrons. The van der Waals surface area contributed by atoms with Crippen LogP contribution in [0.4, 0.5) is 114 Å². The van der Waals surface area contributed by atoms with E-state index in [4.69, 9.17) is 0 Å². The van der Waals surface area contributed by atoms with Crippen molar-refractivity contribution in [3.8, 4) is 0 Å². The molecular formula is C30H30F26N4O6S4. The molecule has 1 saturated heterocycles. The molecule has 70 heavy (non-hydrogen) atoms. The molecular weight excluding hydrogens is 1130 g/mol. The van der Waals surface area contributed by atoms with Crippen LogP contribution < -0.4 is 4.57 Å². The lowest BCUT2D eigenvalue weighted by Gasteiger charge is -2.39. The summed E-state index contributed by atoms with van der Waals surface area (Å²) in [6.45, 7) is 0.163. The van der Waals surface area contributed by atoms with Crippen molar-refractivity contribution in [3.63, 3.8) is 0 Å². The van der Waals surface area contributed by atoms with Gasteiger partial charge in [-0.1, -0.05) is 11.8 Å². The Balaban J connectivity index is 0.000000622. The number of aryl methyl sites for hydroxylation is 3.